The van der Waals surface area contributed by atoms with E-state index in [1.807, 2.05) is 97.9 Å². The molecule has 2 heterocycles. The molecule has 0 atom stereocenters. The lowest BCUT2D eigenvalue weighted by Gasteiger charge is -2.22. The van der Waals surface area contributed by atoms with Crippen molar-refractivity contribution < 1.29 is 14.3 Å². The molecule has 0 bridgehead atoms. The number of rotatable bonds is 4. The topological polar surface area (TPSA) is 71.5 Å². The highest BCUT2D eigenvalue weighted by molar-refractivity contribution is 6.10. The van der Waals surface area contributed by atoms with Crippen LogP contribution < -0.4 is 15.0 Å². The molecule has 6 rings (SSSR count). The highest BCUT2D eigenvalue weighted by atomic mass is 16.5. The third-order valence-corrected chi connectivity index (χ3v) is 6.76. The van der Waals surface area contributed by atoms with Gasteiger partial charge in [-0.25, -0.2) is 4.98 Å². The van der Waals surface area contributed by atoms with E-state index in [0.29, 0.717) is 40.7 Å². The summed E-state index contributed by atoms with van der Waals surface area (Å²) in [5, 5.41) is 3.03. The number of para-hydroxylation sites is 2. The summed E-state index contributed by atoms with van der Waals surface area (Å²) in [7, 11) is 0. The molecule has 0 aliphatic carbocycles. The molecule has 5 aromatic rings. The van der Waals surface area contributed by atoms with Gasteiger partial charge in [0.15, 0.2) is 5.75 Å². The number of anilines is 2. The number of benzene rings is 4. The van der Waals surface area contributed by atoms with E-state index < -0.39 is 0 Å². The minimum Gasteiger partial charge on any atom is -0.436 e. The molecule has 1 N–H and O–H groups in total. The van der Waals surface area contributed by atoms with E-state index in [-0.39, 0.29) is 11.8 Å². The van der Waals surface area contributed by atoms with Crippen LogP contribution in [0.1, 0.15) is 31.8 Å². The van der Waals surface area contributed by atoms with Crippen LogP contribution in [-0.4, -0.2) is 16.8 Å². The molecule has 6 nitrogen and oxygen atoms in total. The van der Waals surface area contributed by atoms with Gasteiger partial charge in [-0.2, -0.15) is 0 Å². The first kappa shape index (κ1) is 24.1. The number of aryl methyl sites for hydroxylation is 1. The third-order valence-electron chi connectivity index (χ3n) is 6.76. The molecule has 4 aromatic carbocycles. The van der Waals surface area contributed by atoms with Gasteiger partial charge in [-0.05, 0) is 66.1 Å². The van der Waals surface area contributed by atoms with Crippen LogP contribution >= 0.6 is 0 Å². The SMILES string of the molecule is Cc1cc(C(=O)N2Cc3cccnc3Oc3ccccc32)ccc1NC(=O)c1ccccc1-c1ccccc1. The molecule has 2 amide bonds. The molecule has 39 heavy (non-hydrogen) atoms. The Morgan fingerprint density at radius 1 is 0.846 bits per heavy atom. The Kier molecular flexibility index (Phi) is 6.35. The quantitative estimate of drug-likeness (QED) is 0.276. The summed E-state index contributed by atoms with van der Waals surface area (Å²) in [4.78, 5) is 33.2. The summed E-state index contributed by atoms with van der Waals surface area (Å²) < 4.78 is 6.04. The lowest BCUT2D eigenvalue weighted by Crippen LogP contribution is -2.30. The van der Waals surface area contributed by atoms with Gasteiger partial charge in [0.2, 0.25) is 5.88 Å². The fourth-order valence-electron chi connectivity index (χ4n) is 4.78. The van der Waals surface area contributed by atoms with Crippen molar-refractivity contribution in [1.29, 1.82) is 0 Å². The maximum absolute atomic E-state index is 13.8. The Bertz CT molecular complexity index is 1700. The number of fused-ring (bicyclic) bond motifs is 2. The molecule has 1 aromatic heterocycles. The van der Waals surface area contributed by atoms with Crippen molar-refractivity contribution in [2.24, 2.45) is 0 Å². The molecule has 0 saturated heterocycles. The van der Waals surface area contributed by atoms with Gasteiger partial charge >= 0.3 is 0 Å². The summed E-state index contributed by atoms with van der Waals surface area (Å²) in [6.45, 7) is 2.21. The van der Waals surface area contributed by atoms with Gasteiger partial charge in [0, 0.05) is 28.6 Å². The number of hydrogen-bond donors (Lipinski definition) is 1. The van der Waals surface area contributed by atoms with Crippen LogP contribution in [0.5, 0.6) is 11.6 Å². The second-order valence-corrected chi connectivity index (χ2v) is 9.32. The fourth-order valence-corrected chi connectivity index (χ4v) is 4.78. The summed E-state index contributed by atoms with van der Waals surface area (Å²) in [6, 6.07) is 33.9. The highest BCUT2D eigenvalue weighted by Gasteiger charge is 2.27. The summed E-state index contributed by atoms with van der Waals surface area (Å²) in [5.41, 5.74) is 5.85. The van der Waals surface area contributed by atoms with E-state index in [1.54, 1.807) is 29.3 Å². The Labute approximate surface area is 226 Å². The number of ether oxygens (including phenoxy) is 1. The maximum atomic E-state index is 13.8. The van der Waals surface area contributed by atoms with Crippen molar-refractivity contribution in [2.45, 2.75) is 13.5 Å². The maximum Gasteiger partial charge on any atom is 0.258 e. The van der Waals surface area contributed by atoms with E-state index in [4.69, 9.17) is 4.74 Å². The number of amides is 2. The van der Waals surface area contributed by atoms with Gasteiger partial charge in [0.25, 0.3) is 11.8 Å². The predicted molar refractivity (Wildman–Crippen MR) is 152 cm³/mol. The van der Waals surface area contributed by atoms with E-state index in [9.17, 15) is 9.59 Å². The van der Waals surface area contributed by atoms with Crippen LogP contribution in [-0.2, 0) is 6.54 Å². The van der Waals surface area contributed by atoms with Gasteiger partial charge in [-0.1, -0.05) is 66.7 Å². The van der Waals surface area contributed by atoms with Gasteiger partial charge < -0.3 is 15.0 Å². The number of carbonyl (C=O) groups excluding carboxylic acids is 2. The smallest absolute Gasteiger partial charge is 0.258 e. The third kappa shape index (κ3) is 4.76. The van der Waals surface area contributed by atoms with E-state index in [0.717, 1.165) is 22.3 Å². The lowest BCUT2D eigenvalue weighted by molar-refractivity contribution is 0.0984. The van der Waals surface area contributed by atoms with Crippen LogP contribution in [0.2, 0.25) is 0 Å². The zero-order valence-electron chi connectivity index (χ0n) is 21.3. The molecule has 0 fully saturated rings. The molecule has 1 aliphatic rings. The predicted octanol–water partition coefficient (Wildman–Crippen LogP) is 7.26. The number of pyridine rings is 1. The lowest BCUT2D eigenvalue weighted by atomic mass is 9.99. The van der Waals surface area contributed by atoms with E-state index in [2.05, 4.69) is 10.3 Å². The van der Waals surface area contributed by atoms with Crippen molar-refractivity contribution in [3.05, 3.63) is 138 Å². The first-order chi connectivity index (χ1) is 19.1. The van der Waals surface area contributed by atoms with Crippen LogP contribution in [0.3, 0.4) is 0 Å². The first-order valence-corrected chi connectivity index (χ1v) is 12.7. The highest BCUT2D eigenvalue weighted by Crippen LogP contribution is 2.38. The molecule has 190 valence electrons. The second-order valence-electron chi connectivity index (χ2n) is 9.32. The number of nitrogens with zero attached hydrogens (tertiary/aromatic N) is 2. The molecule has 0 saturated carbocycles. The van der Waals surface area contributed by atoms with Crippen LogP contribution in [0.15, 0.2) is 115 Å². The Morgan fingerprint density at radius 2 is 1.62 bits per heavy atom. The zero-order chi connectivity index (χ0) is 26.8. The van der Waals surface area contributed by atoms with Crippen molar-refractivity contribution in [1.82, 2.24) is 4.98 Å². The zero-order valence-corrected chi connectivity index (χ0v) is 21.3. The number of aromatic nitrogens is 1. The molecular weight excluding hydrogens is 486 g/mol. The van der Waals surface area contributed by atoms with Gasteiger partial charge in [-0.15, -0.1) is 0 Å². The average molecular weight is 512 g/mol. The Morgan fingerprint density at radius 3 is 2.46 bits per heavy atom. The van der Waals surface area contributed by atoms with Crippen LogP contribution in [0.4, 0.5) is 11.4 Å². The van der Waals surface area contributed by atoms with Crippen LogP contribution in [0.25, 0.3) is 11.1 Å². The Hall–Kier alpha value is -5.23. The summed E-state index contributed by atoms with van der Waals surface area (Å²) in [6.07, 6.45) is 1.67. The number of nitrogens with one attached hydrogen (secondary N) is 1. The minimum absolute atomic E-state index is 0.168. The monoisotopic (exact) mass is 511 g/mol. The van der Waals surface area contributed by atoms with Crippen molar-refractivity contribution in [3.63, 3.8) is 0 Å². The van der Waals surface area contributed by atoms with E-state index in [1.165, 1.54) is 0 Å². The Balaban J connectivity index is 1.28. The molecule has 0 radical (unpaired) electrons. The van der Waals surface area contributed by atoms with E-state index >= 15 is 0 Å². The standard InChI is InChI=1S/C33H25N3O3/c1-22-20-24(33(38)36-21-25-12-9-19-34-32(25)39-30-16-8-7-15-29(30)36)17-18-28(22)35-31(37)27-14-6-5-13-26(27)23-10-3-2-4-11-23/h2-20H,21H2,1H3,(H,35,37). The minimum atomic E-state index is -0.209. The summed E-state index contributed by atoms with van der Waals surface area (Å²) >= 11 is 0. The summed E-state index contributed by atoms with van der Waals surface area (Å²) in [5.74, 6) is 0.684. The van der Waals surface area contributed by atoms with Gasteiger partial charge in [-0.3, -0.25) is 9.59 Å². The molecule has 6 heteroatoms. The molecular formula is C33H25N3O3. The normalized spacial score (nSPS) is 12.0. The fraction of sp³-hybridized carbons (Fsp3) is 0.0606. The van der Waals surface area contributed by atoms with Crippen molar-refractivity contribution >= 4 is 23.2 Å². The van der Waals surface area contributed by atoms with Crippen molar-refractivity contribution in [3.8, 4) is 22.8 Å². The first-order valence-electron chi connectivity index (χ1n) is 12.7. The second kappa shape index (κ2) is 10.3. The molecule has 0 unspecified atom stereocenters. The van der Waals surface area contributed by atoms with Gasteiger partial charge in [0.1, 0.15) is 0 Å². The largest absolute Gasteiger partial charge is 0.436 e. The van der Waals surface area contributed by atoms with Crippen LogP contribution in [0, 0.1) is 6.92 Å². The van der Waals surface area contributed by atoms with Gasteiger partial charge in [0.05, 0.1) is 12.2 Å². The average Bonchev–Trinajstić information content (AvgIpc) is 3.15. The molecule has 1 aliphatic heterocycles. The number of hydrogen-bond acceptors (Lipinski definition) is 4. The molecule has 0 spiro atoms. The number of carbonyl (C=O) groups is 2. The van der Waals surface area contributed by atoms with Crippen molar-refractivity contribution in [2.75, 3.05) is 10.2 Å².